The fourth-order valence-electron chi connectivity index (χ4n) is 10.5. The molecule has 5 N–H and O–H groups in total. The summed E-state index contributed by atoms with van der Waals surface area (Å²) < 4.78 is 39.8. The minimum absolute atomic E-state index is 0.0352. The first kappa shape index (κ1) is 43.1. The number of fused-ring (bicyclic) bond motifs is 4. The van der Waals surface area contributed by atoms with E-state index >= 15 is 0 Å². The van der Waals surface area contributed by atoms with Gasteiger partial charge < -0.3 is 54.0 Å². The molecule has 2 aliphatic heterocycles. The normalized spacial score (nSPS) is 22.4. The molecule has 11 heteroatoms. The fourth-order valence-corrected chi connectivity index (χ4v) is 10.5. The van der Waals surface area contributed by atoms with Crippen LogP contribution in [0.5, 0.6) is 40.2 Å². The maximum absolute atomic E-state index is 12.9. The van der Waals surface area contributed by atoms with Crippen LogP contribution in [0.4, 0.5) is 0 Å². The van der Waals surface area contributed by atoms with Crippen LogP contribution in [0, 0.1) is 11.8 Å². The smallest absolute Gasteiger partial charge is 0.133 e. The average Bonchev–Trinajstić information content (AvgIpc) is 4.00. The van der Waals surface area contributed by atoms with Crippen molar-refractivity contribution >= 4 is 10.8 Å². The Morgan fingerprint density at radius 2 is 1.44 bits per heavy atom. The summed E-state index contributed by atoms with van der Waals surface area (Å²) in [4.78, 5) is 0. The first-order chi connectivity index (χ1) is 30.8. The summed E-state index contributed by atoms with van der Waals surface area (Å²) >= 11 is 0. The zero-order chi connectivity index (χ0) is 43.5. The Morgan fingerprint density at radius 1 is 0.698 bits per heavy atom. The van der Waals surface area contributed by atoms with Gasteiger partial charge in [0.1, 0.15) is 46.4 Å². The molecule has 5 aromatic carbocycles. The van der Waals surface area contributed by atoms with Gasteiger partial charge in [0.25, 0.3) is 0 Å². The Morgan fingerprint density at radius 3 is 2.21 bits per heavy atom. The van der Waals surface area contributed by atoms with Gasteiger partial charge in [0.2, 0.25) is 0 Å². The Bertz CT molecular complexity index is 2370. The van der Waals surface area contributed by atoms with Crippen molar-refractivity contribution in [2.75, 3.05) is 33.5 Å². The molecule has 0 aromatic heterocycles. The number of benzene rings is 5. The van der Waals surface area contributed by atoms with E-state index in [4.69, 9.17) is 28.4 Å². The van der Waals surface area contributed by atoms with Gasteiger partial charge in [-0.15, -0.1) is 0 Å². The highest BCUT2D eigenvalue weighted by Gasteiger charge is 2.49. The predicted molar refractivity (Wildman–Crippen MR) is 239 cm³/mol. The van der Waals surface area contributed by atoms with Gasteiger partial charge in [0.05, 0.1) is 31.0 Å². The summed E-state index contributed by atoms with van der Waals surface area (Å²) in [6.45, 7) is 0.937. The van der Waals surface area contributed by atoms with E-state index in [-0.39, 0.29) is 49.3 Å². The van der Waals surface area contributed by atoms with Crippen molar-refractivity contribution in [1.82, 2.24) is 0 Å². The number of methoxy groups -OCH3 is 1. The molecular formula is C52H60O11. The zero-order valence-electron chi connectivity index (χ0n) is 36.0. The second-order valence-electron chi connectivity index (χ2n) is 17.8. The molecule has 2 aliphatic carbocycles. The molecule has 334 valence electrons. The van der Waals surface area contributed by atoms with E-state index in [1.54, 1.807) is 49.6 Å². The Labute approximate surface area is 369 Å². The second kappa shape index (κ2) is 19.3. The first-order valence-corrected chi connectivity index (χ1v) is 22.9. The number of hydrogen-bond acceptors (Lipinski definition) is 11. The molecule has 0 unspecified atom stereocenters. The van der Waals surface area contributed by atoms with Gasteiger partial charge in [0, 0.05) is 72.6 Å². The number of aromatic hydroxyl groups is 3. The van der Waals surface area contributed by atoms with E-state index in [2.05, 4.69) is 0 Å². The van der Waals surface area contributed by atoms with Gasteiger partial charge in [-0.2, -0.15) is 0 Å². The maximum atomic E-state index is 12.9. The molecule has 2 heterocycles. The highest BCUT2D eigenvalue weighted by atomic mass is 16.5. The van der Waals surface area contributed by atoms with Gasteiger partial charge in [0.15, 0.2) is 0 Å². The summed E-state index contributed by atoms with van der Waals surface area (Å²) in [5.41, 5.74) is 4.71. The lowest BCUT2D eigenvalue weighted by molar-refractivity contribution is -0.113. The Hall–Kier alpha value is -5.20. The van der Waals surface area contributed by atoms with E-state index in [1.807, 2.05) is 36.4 Å². The molecule has 0 radical (unpaired) electrons. The predicted octanol–water partition coefficient (Wildman–Crippen LogP) is 9.84. The minimum atomic E-state index is -1.01. The number of phenolic OH excluding ortho intramolecular Hbond substituents is 3. The largest absolute Gasteiger partial charge is 0.508 e. The van der Waals surface area contributed by atoms with Gasteiger partial charge in [-0.3, -0.25) is 0 Å². The summed E-state index contributed by atoms with van der Waals surface area (Å²) in [6, 6.07) is 23.5. The molecule has 2 fully saturated rings. The summed E-state index contributed by atoms with van der Waals surface area (Å²) in [5.74, 6) is 2.04. The van der Waals surface area contributed by atoms with Crippen molar-refractivity contribution in [2.45, 2.75) is 108 Å². The molecular weight excluding hydrogens is 801 g/mol. The standard InChI is InChI=1S/C52H60O11/c1-58-21-7-15-46-48(52(59-22-8-20-53)44-29-47(62-38-13-4-5-14-38)42-27-36(56)17-19-41(42)51(44)63-46)45-30-60-50-33(26-39(28-43(50)49(45)57)61-37-11-2-3-12-37)23-32-25-35(55)16-18-40(32)31-9-6-10-34(54)24-31/h6,9-10,16-19,24-29,37-38,45-46,48-49,52-57H,2-5,7-8,11-15,20-23,30H2,1H3/t45-,46-,48-,49-,52+/m1/s1. The minimum Gasteiger partial charge on any atom is -0.508 e. The quantitative estimate of drug-likeness (QED) is 0.0602. The van der Waals surface area contributed by atoms with Crippen LogP contribution in [0.2, 0.25) is 0 Å². The van der Waals surface area contributed by atoms with Crippen molar-refractivity contribution in [2.24, 2.45) is 11.8 Å². The molecule has 63 heavy (non-hydrogen) atoms. The molecule has 0 amide bonds. The summed E-state index contributed by atoms with van der Waals surface area (Å²) in [5, 5.41) is 56.2. The molecule has 5 atom stereocenters. The van der Waals surface area contributed by atoms with Gasteiger partial charge >= 0.3 is 0 Å². The van der Waals surface area contributed by atoms with Crippen molar-refractivity contribution in [1.29, 1.82) is 0 Å². The lowest BCUT2D eigenvalue weighted by atomic mass is 9.72. The van der Waals surface area contributed by atoms with Crippen molar-refractivity contribution in [3.05, 3.63) is 101 Å². The molecule has 9 rings (SSSR count). The fraction of sp³-hybridized carbons (Fsp3) is 0.462. The van der Waals surface area contributed by atoms with E-state index in [9.17, 15) is 25.5 Å². The SMILES string of the molecule is COCCC[C@H]1Oc2c(cc(OC3CCCC3)c3cc(O)ccc23)[C@H](OCCCO)[C@@H]1[C@H]1COc2c(Cc3cc(O)ccc3-c3cccc(O)c3)cc(OC3CCCC3)cc2[C@H]1O. The van der Waals surface area contributed by atoms with E-state index < -0.39 is 30.1 Å². The zero-order valence-corrected chi connectivity index (χ0v) is 36.0. The Balaban J connectivity index is 1.14. The Kier molecular flexibility index (Phi) is 13.2. The van der Waals surface area contributed by atoms with Crippen molar-refractivity contribution < 1.29 is 54.0 Å². The van der Waals surface area contributed by atoms with Crippen LogP contribution in [0.3, 0.4) is 0 Å². The van der Waals surface area contributed by atoms with E-state index in [0.29, 0.717) is 60.9 Å². The lowest BCUT2D eigenvalue weighted by Crippen LogP contribution is -2.46. The van der Waals surface area contributed by atoms with E-state index in [0.717, 1.165) is 90.0 Å². The third kappa shape index (κ3) is 9.25. The van der Waals surface area contributed by atoms with Gasteiger partial charge in [-0.1, -0.05) is 18.2 Å². The number of aliphatic hydroxyl groups is 2. The second-order valence-corrected chi connectivity index (χ2v) is 17.8. The monoisotopic (exact) mass is 860 g/mol. The number of hydrogen-bond donors (Lipinski definition) is 5. The number of rotatable bonds is 16. The third-order valence-electron chi connectivity index (χ3n) is 13.5. The first-order valence-electron chi connectivity index (χ1n) is 22.9. The van der Waals surface area contributed by atoms with E-state index in [1.165, 1.54) is 0 Å². The maximum Gasteiger partial charge on any atom is 0.133 e. The van der Waals surface area contributed by atoms with Gasteiger partial charge in [-0.05, 0) is 148 Å². The highest BCUT2D eigenvalue weighted by Crippen LogP contribution is 2.55. The van der Waals surface area contributed by atoms with Crippen LogP contribution < -0.4 is 18.9 Å². The van der Waals surface area contributed by atoms with Crippen LogP contribution in [0.1, 0.15) is 105 Å². The molecule has 0 saturated heterocycles. The lowest BCUT2D eigenvalue weighted by Gasteiger charge is -2.46. The summed E-state index contributed by atoms with van der Waals surface area (Å²) in [6.07, 6.45) is 8.43. The number of ether oxygens (including phenoxy) is 6. The molecule has 2 saturated carbocycles. The van der Waals surface area contributed by atoms with Crippen molar-refractivity contribution in [3.8, 4) is 51.4 Å². The molecule has 0 bridgehead atoms. The number of aliphatic hydroxyl groups excluding tert-OH is 2. The molecule has 4 aliphatic rings. The van der Waals surface area contributed by atoms with Crippen LogP contribution in [0.25, 0.3) is 21.9 Å². The molecule has 0 spiro atoms. The van der Waals surface area contributed by atoms with Crippen LogP contribution in [-0.4, -0.2) is 77.4 Å². The highest BCUT2D eigenvalue weighted by molar-refractivity contribution is 5.96. The van der Waals surface area contributed by atoms with Gasteiger partial charge in [-0.25, -0.2) is 0 Å². The van der Waals surface area contributed by atoms with Crippen LogP contribution in [-0.2, 0) is 15.9 Å². The van der Waals surface area contributed by atoms with Crippen LogP contribution in [0.15, 0.2) is 78.9 Å². The number of phenols is 3. The topological polar surface area (TPSA) is 157 Å². The molecule has 11 nitrogen and oxygen atoms in total. The third-order valence-corrected chi connectivity index (χ3v) is 13.5. The average molecular weight is 861 g/mol. The summed E-state index contributed by atoms with van der Waals surface area (Å²) in [7, 11) is 1.68. The van der Waals surface area contributed by atoms with Crippen LogP contribution >= 0.6 is 0 Å². The van der Waals surface area contributed by atoms with Crippen molar-refractivity contribution in [3.63, 3.8) is 0 Å². The molecule has 5 aromatic rings.